The van der Waals surface area contributed by atoms with Crippen molar-refractivity contribution in [2.45, 2.75) is 32.4 Å². The normalized spacial score (nSPS) is 11.7. The van der Waals surface area contributed by atoms with Gasteiger partial charge in [-0.05, 0) is 19.4 Å². The molecule has 0 aromatic heterocycles. The van der Waals surface area contributed by atoms with E-state index < -0.39 is 12.0 Å². The zero-order valence-corrected chi connectivity index (χ0v) is 9.92. The Labute approximate surface area is 100 Å². The van der Waals surface area contributed by atoms with Gasteiger partial charge in [0.05, 0.1) is 6.10 Å². The molecule has 0 aliphatic heterocycles. The van der Waals surface area contributed by atoms with Crippen LogP contribution >= 0.6 is 0 Å². The van der Waals surface area contributed by atoms with Crippen molar-refractivity contribution in [2.24, 2.45) is 4.99 Å². The molecular weight excluding hydrogens is 218 g/mol. The fourth-order valence-corrected chi connectivity index (χ4v) is 1.39. The summed E-state index contributed by atoms with van der Waals surface area (Å²) >= 11 is 0. The molecule has 0 N–H and O–H groups in total. The Morgan fingerprint density at radius 2 is 2.00 bits per heavy atom. The summed E-state index contributed by atoms with van der Waals surface area (Å²) in [4.78, 5) is 25.4. The van der Waals surface area contributed by atoms with Gasteiger partial charge in [-0.25, -0.2) is 9.59 Å². The van der Waals surface area contributed by atoms with E-state index in [1.165, 1.54) is 6.08 Å². The smallest absolute Gasteiger partial charge is 0.332 e. The van der Waals surface area contributed by atoms with Crippen LogP contribution in [0.15, 0.2) is 35.3 Å². The summed E-state index contributed by atoms with van der Waals surface area (Å²) in [6.07, 6.45) is 1.55. The molecule has 0 unspecified atom stereocenters. The second-order valence-electron chi connectivity index (χ2n) is 3.91. The van der Waals surface area contributed by atoms with E-state index in [0.29, 0.717) is 6.42 Å². The maximum atomic E-state index is 11.7. The highest BCUT2D eigenvalue weighted by molar-refractivity contribution is 5.77. The van der Waals surface area contributed by atoms with Crippen molar-refractivity contribution in [3.63, 3.8) is 0 Å². The first-order valence-electron chi connectivity index (χ1n) is 5.45. The minimum atomic E-state index is -0.808. The fraction of sp³-hybridized carbons (Fsp3) is 0.385. The first-order chi connectivity index (χ1) is 8.13. The topological polar surface area (TPSA) is 55.7 Å². The van der Waals surface area contributed by atoms with E-state index in [4.69, 9.17) is 4.74 Å². The first kappa shape index (κ1) is 13.1. The van der Waals surface area contributed by atoms with Crippen molar-refractivity contribution in [1.82, 2.24) is 0 Å². The summed E-state index contributed by atoms with van der Waals surface area (Å²) in [6.45, 7) is 3.50. The van der Waals surface area contributed by atoms with E-state index in [2.05, 4.69) is 4.99 Å². The lowest BCUT2D eigenvalue weighted by atomic mass is 10.1. The van der Waals surface area contributed by atoms with Gasteiger partial charge in [-0.3, -0.25) is 0 Å². The van der Waals surface area contributed by atoms with Gasteiger partial charge in [0, 0.05) is 6.42 Å². The van der Waals surface area contributed by atoms with Crippen LogP contribution in [0.4, 0.5) is 0 Å². The van der Waals surface area contributed by atoms with Crippen molar-refractivity contribution in [2.75, 3.05) is 0 Å². The molecule has 1 aromatic carbocycles. The number of hydrogen-bond donors (Lipinski definition) is 0. The Morgan fingerprint density at radius 1 is 1.35 bits per heavy atom. The lowest BCUT2D eigenvalue weighted by molar-refractivity contribution is -0.148. The van der Waals surface area contributed by atoms with Crippen molar-refractivity contribution in [3.8, 4) is 0 Å². The predicted octanol–water partition coefficient (Wildman–Crippen LogP) is 1.89. The molecule has 1 rings (SSSR count). The highest BCUT2D eigenvalue weighted by Crippen LogP contribution is 2.08. The van der Waals surface area contributed by atoms with Gasteiger partial charge in [-0.15, -0.1) is 0 Å². The number of carbonyl (C=O) groups excluding carboxylic acids is 2. The molecule has 0 aliphatic rings. The number of aliphatic imine (C=N–C) groups is 1. The number of ether oxygens (including phenoxy) is 1. The van der Waals surface area contributed by atoms with Gasteiger partial charge in [0.2, 0.25) is 6.08 Å². The number of benzene rings is 1. The number of rotatable bonds is 5. The minimum absolute atomic E-state index is 0.220. The van der Waals surface area contributed by atoms with Crippen LogP contribution in [0.2, 0.25) is 0 Å². The molecule has 0 heterocycles. The van der Waals surface area contributed by atoms with Crippen molar-refractivity contribution >= 4 is 12.0 Å². The zero-order valence-electron chi connectivity index (χ0n) is 9.92. The fourth-order valence-electron chi connectivity index (χ4n) is 1.39. The lowest BCUT2D eigenvalue weighted by Crippen LogP contribution is -2.26. The molecule has 0 saturated heterocycles. The average molecular weight is 233 g/mol. The number of carbonyl (C=O) groups is 1. The molecule has 1 atom stereocenters. The Balaban J connectivity index is 2.73. The third kappa shape index (κ3) is 4.62. The van der Waals surface area contributed by atoms with E-state index in [9.17, 15) is 9.59 Å². The van der Waals surface area contributed by atoms with Gasteiger partial charge in [0.15, 0.2) is 6.04 Å². The molecule has 17 heavy (non-hydrogen) atoms. The summed E-state index contributed by atoms with van der Waals surface area (Å²) in [5.41, 5.74) is 0.928. The van der Waals surface area contributed by atoms with Crippen LogP contribution in [0.1, 0.15) is 19.4 Å². The lowest BCUT2D eigenvalue weighted by Gasteiger charge is -2.13. The quantitative estimate of drug-likeness (QED) is 0.443. The van der Waals surface area contributed by atoms with Crippen molar-refractivity contribution < 1.29 is 14.3 Å². The second-order valence-corrected chi connectivity index (χ2v) is 3.91. The molecule has 4 nitrogen and oxygen atoms in total. The molecule has 0 radical (unpaired) electrons. The number of isocyanates is 1. The highest BCUT2D eigenvalue weighted by Gasteiger charge is 2.20. The third-order valence-corrected chi connectivity index (χ3v) is 2.10. The zero-order chi connectivity index (χ0) is 12.7. The number of esters is 1. The summed E-state index contributed by atoms with van der Waals surface area (Å²) in [7, 11) is 0. The number of hydrogen-bond acceptors (Lipinski definition) is 4. The van der Waals surface area contributed by atoms with E-state index >= 15 is 0 Å². The molecule has 0 fully saturated rings. The van der Waals surface area contributed by atoms with Crippen molar-refractivity contribution in [3.05, 3.63) is 35.9 Å². The van der Waals surface area contributed by atoms with Gasteiger partial charge in [-0.2, -0.15) is 4.99 Å². The molecule has 0 spiro atoms. The molecule has 90 valence electrons. The molecule has 0 saturated carbocycles. The Bertz CT molecular complexity index is 408. The molecule has 4 heteroatoms. The van der Waals surface area contributed by atoms with Gasteiger partial charge in [0.25, 0.3) is 0 Å². The third-order valence-electron chi connectivity index (χ3n) is 2.10. The molecule has 0 amide bonds. The Kier molecular flexibility index (Phi) is 5.11. The van der Waals surface area contributed by atoms with E-state index in [0.717, 1.165) is 5.56 Å². The minimum Gasteiger partial charge on any atom is -0.461 e. The molecule has 0 aliphatic carbocycles. The standard InChI is InChI=1S/C13H15NO3/c1-10(2)17-13(16)12(14-9-15)8-11-6-4-3-5-7-11/h3-7,10,12H,8H2,1-2H3/t12-/m0/s1. The summed E-state index contributed by atoms with van der Waals surface area (Å²) in [5, 5.41) is 0. The van der Waals surface area contributed by atoms with E-state index in [1.807, 2.05) is 30.3 Å². The highest BCUT2D eigenvalue weighted by atomic mass is 16.5. The summed E-state index contributed by atoms with van der Waals surface area (Å²) in [6, 6.07) is 8.55. The largest absolute Gasteiger partial charge is 0.461 e. The monoisotopic (exact) mass is 233 g/mol. The van der Waals surface area contributed by atoms with Crippen LogP contribution in [0, 0.1) is 0 Å². The Hall–Kier alpha value is -1.93. The van der Waals surface area contributed by atoms with Gasteiger partial charge >= 0.3 is 5.97 Å². The number of nitrogens with zero attached hydrogens (tertiary/aromatic N) is 1. The first-order valence-corrected chi connectivity index (χ1v) is 5.45. The SMILES string of the molecule is CC(C)OC(=O)[C@H](Cc1ccccc1)N=C=O. The Morgan fingerprint density at radius 3 is 2.53 bits per heavy atom. The van der Waals surface area contributed by atoms with Crippen LogP contribution in [0.3, 0.4) is 0 Å². The maximum Gasteiger partial charge on any atom is 0.332 e. The van der Waals surface area contributed by atoms with E-state index in [-0.39, 0.29) is 6.10 Å². The average Bonchev–Trinajstić information content (AvgIpc) is 2.29. The van der Waals surface area contributed by atoms with Crippen LogP contribution in [-0.2, 0) is 20.7 Å². The van der Waals surface area contributed by atoms with Crippen LogP contribution in [-0.4, -0.2) is 24.2 Å². The maximum absolute atomic E-state index is 11.7. The molecular formula is C13H15NO3. The molecule has 0 bridgehead atoms. The van der Waals surface area contributed by atoms with Gasteiger partial charge in [-0.1, -0.05) is 30.3 Å². The van der Waals surface area contributed by atoms with Gasteiger partial charge < -0.3 is 4.74 Å². The summed E-state index contributed by atoms with van der Waals surface area (Å²) < 4.78 is 5.03. The van der Waals surface area contributed by atoms with Crippen LogP contribution in [0.25, 0.3) is 0 Å². The summed E-state index contributed by atoms with van der Waals surface area (Å²) in [5.74, 6) is -0.493. The molecule has 1 aromatic rings. The van der Waals surface area contributed by atoms with Crippen LogP contribution in [0.5, 0.6) is 0 Å². The predicted molar refractivity (Wildman–Crippen MR) is 63.3 cm³/mol. The second kappa shape index (κ2) is 6.61. The van der Waals surface area contributed by atoms with Crippen LogP contribution < -0.4 is 0 Å². The van der Waals surface area contributed by atoms with E-state index in [1.54, 1.807) is 13.8 Å². The van der Waals surface area contributed by atoms with Gasteiger partial charge in [0.1, 0.15) is 0 Å². The van der Waals surface area contributed by atoms with Crippen molar-refractivity contribution in [1.29, 1.82) is 0 Å².